The maximum absolute atomic E-state index is 12.0. The number of para-hydroxylation sites is 1. The summed E-state index contributed by atoms with van der Waals surface area (Å²) in [6.45, 7) is 3.32. The third-order valence-corrected chi connectivity index (χ3v) is 3.21. The molecule has 2 rings (SSSR count). The summed E-state index contributed by atoms with van der Waals surface area (Å²) in [5.41, 5.74) is 0. The first-order chi connectivity index (χ1) is 9.29. The van der Waals surface area contributed by atoms with Crippen LogP contribution in [0.25, 0.3) is 0 Å². The van der Waals surface area contributed by atoms with Crippen LogP contribution in [0.1, 0.15) is 26.2 Å². The van der Waals surface area contributed by atoms with Gasteiger partial charge in [-0.3, -0.25) is 4.79 Å². The summed E-state index contributed by atoms with van der Waals surface area (Å²) in [5.74, 6) is 0.656. The Kier molecular flexibility index (Phi) is 5.21. The quantitative estimate of drug-likeness (QED) is 0.855. The fourth-order valence-corrected chi connectivity index (χ4v) is 2.12. The number of hydrogen-bond donors (Lipinski definition) is 1. The number of carbonyl (C=O) groups excluding carboxylic acids is 1. The van der Waals surface area contributed by atoms with Gasteiger partial charge < -0.3 is 14.8 Å². The van der Waals surface area contributed by atoms with E-state index < -0.39 is 6.10 Å². The molecule has 0 radical (unpaired) electrons. The molecule has 0 unspecified atom stereocenters. The van der Waals surface area contributed by atoms with E-state index in [1.54, 1.807) is 0 Å². The summed E-state index contributed by atoms with van der Waals surface area (Å²) in [6.07, 6.45) is 2.48. The van der Waals surface area contributed by atoms with Gasteiger partial charge in [-0.25, -0.2) is 0 Å². The van der Waals surface area contributed by atoms with Crippen LogP contribution in [0.2, 0.25) is 0 Å². The monoisotopic (exact) mass is 263 g/mol. The van der Waals surface area contributed by atoms with Gasteiger partial charge in [-0.2, -0.15) is 0 Å². The zero-order valence-electron chi connectivity index (χ0n) is 11.3. The van der Waals surface area contributed by atoms with E-state index in [0.717, 1.165) is 25.2 Å². The molecule has 1 aromatic carbocycles. The van der Waals surface area contributed by atoms with Crippen molar-refractivity contribution in [3.63, 3.8) is 0 Å². The van der Waals surface area contributed by atoms with E-state index in [2.05, 4.69) is 5.32 Å². The fraction of sp³-hybridized carbons (Fsp3) is 0.533. The van der Waals surface area contributed by atoms with Crippen molar-refractivity contribution in [3.05, 3.63) is 30.3 Å². The first-order valence-corrected chi connectivity index (χ1v) is 6.90. The van der Waals surface area contributed by atoms with Gasteiger partial charge in [-0.1, -0.05) is 25.1 Å². The highest BCUT2D eigenvalue weighted by molar-refractivity contribution is 5.81. The molecule has 0 saturated carbocycles. The maximum atomic E-state index is 12.0. The van der Waals surface area contributed by atoms with Crippen LogP contribution >= 0.6 is 0 Å². The molecule has 104 valence electrons. The molecule has 1 aromatic rings. The third-order valence-electron chi connectivity index (χ3n) is 3.21. The lowest BCUT2D eigenvalue weighted by Crippen LogP contribution is -2.41. The highest BCUT2D eigenvalue weighted by Gasteiger charge is 2.21. The van der Waals surface area contributed by atoms with Crippen molar-refractivity contribution in [2.24, 2.45) is 0 Å². The second kappa shape index (κ2) is 7.14. The number of nitrogens with one attached hydrogen (secondary N) is 1. The minimum atomic E-state index is -0.441. The Morgan fingerprint density at radius 2 is 2.26 bits per heavy atom. The fourth-order valence-electron chi connectivity index (χ4n) is 2.12. The third kappa shape index (κ3) is 4.24. The Morgan fingerprint density at radius 1 is 1.47 bits per heavy atom. The second-order valence-corrected chi connectivity index (χ2v) is 4.71. The number of hydrogen-bond acceptors (Lipinski definition) is 3. The molecule has 2 atom stereocenters. The predicted octanol–water partition coefficient (Wildman–Crippen LogP) is 2.14. The highest BCUT2D eigenvalue weighted by Crippen LogP contribution is 2.13. The van der Waals surface area contributed by atoms with E-state index in [9.17, 15) is 4.79 Å². The van der Waals surface area contributed by atoms with Crippen molar-refractivity contribution < 1.29 is 14.3 Å². The van der Waals surface area contributed by atoms with E-state index in [4.69, 9.17) is 9.47 Å². The summed E-state index contributed by atoms with van der Waals surface area (Å²) in [5, 5.41) is 2.91. The Bertz CT molecular complexity index is 388. The van der Waals surface area contributed by atoms with Crippen LogP contribution in [0.15, 0.2) is 30.3 Å². The van der Waals surface area contributed by atoms with Gasteiger partial charge >= 0.3 is 0 Å². The van der Waals surface area contributed by atoms with E-state index in [1.165, 1.54) is 0 Å². The summed E-state index contributed by atoms with van der Waals surface area (Å²) >= 11 is 0. The van der Waals surface area contributed by atoms with Crippen molar-refractivity contribution in [1.29, 1.82) is 0 Å². The standard InChI is InChI=1S/C15H21NO3/c1-2-14(19-12-7-4-3-5-8-12)15(17)16-11-13-9-6-10-18-13/h3-5,7-8,13-14H,2,6,9-11H2,1H3,(H,16,17)/t13-,14+/m0/s1. The number of carbonyl (C=O) groups is 1. The molecule has 1 heterocycles. The van der Waals surface area contributed by atoms with Crippen molar-refractivity contribution in [2.75, 3.05) is 13.2 Å². The number of amides is 1. The molecule has 0 aromatic heterocycles. The molecular weight excluding hydrogens is 242 g/mol. The van der Waals surface area contributed by atoms with Crippen LogP contribution in [-0.4, -0.2) is 31.3 Å². The van der Waals surface area contributed by atoms with Gasteiger partial charge in [0.05, 0.1) is 6.10 Å². The Balaban J connectivity index is 1.81. The first-order valence-electron chi connectivity index (χ1n) is 6.90. The minimum absolute atomic E-state index is 0.0677. The summed E-state index contributed by atoms with van der Waals surface area (Å²) in [7, 11) is 0. The summed E-state index contributed by atoms with van der Waals surface area (Å²) in [6, 6.07) is 9.43. The van der Waals surface area contributed by atoms with E-state index in [1.807, 2.05) is 37.3 Å². The second-order valence-electron chi connectivity index (χ2n) is 4.71. The number of benzene rings is 1. The highest BCUT2D eigenvalue weighted by atomic mass is 16.5. The smallest absolute Gasteiger partial charge is 0.261 e. The molecule has 1 N–H and O–H groups in total. The first kappa shape index (κ1) is 13.9. The van der Waals surface area contributed by atoms with E-state index in [-0.39, 0.29) is 12.0 Å². The lowest BCUT2D eigenvalue weighted by Gasteiger charge is -2.18. The van der Waals surface area contributed by atoms with Gasteiger partial charge in [-0.15, -0.1) is 0 Å². The molecule has 0 bridgehead atoms. The van der Waals surface area contributed by atoms with Crippen LogP contribution in [0.3, 0.4) is 0 Å². The normalized spacial score (nSPS) is 19.9. The molecular formula is C15H21NO3. The van der Waals surface area contributed by atoms with Gasteiger partial charge in [0, 0.05) is 13.2 Å². The topological polar surface area (TPSA) is 47.6 Å². The Hall–Kier alpha value is -1.55. The molecule has 1 fully saturated rings. The van der Waals surface area contributed by atoms with Crippen molar-refractivity contribution in [2.45, 2.75) is 38.4 Å². The van der Waals surface area contributed by atoms with Gasteiger partial charge in [0.2, 0.25) is 0 Å². The van der Waals surface area contributed by atoms with Gasteiger partial charge in [0.15, 0.2) is 6.10 Å². The SMILES string of the molecule is CC[C@@H](Oc1ccccc1)C(=O)NC[C@@H]1CCCO1. The number of rotatable bonds is 6. The Labute approximate surface area is 114 Å². The number of ether oxygens (including phenoxy) is 2. The largest absolute Gasteiger partial charge is 0.481 e. The van der Waals surface area contributed by atoms with Crippen LogP contribution in [0.4, 0.5) is 0 Å². The molecule has 4 nitrogen and oxygen atoms in total. The van der Waals surface area contributed by atoms with Crippen LogP contribution in [0, 0.1) is 0 Å². The maximum Gasteiger partial charge on any atom is 0.261 e. The van der Waals surface area contributed by atoms with Gasteiger partial charge in [-0.05, 0) is 31.4 Å². The molecule has 4 heteroatoms. The average Bonchev–Trinajstić information content (AvgIpc) is 2.96. The van der Waals surface area contributed by atoms with Crippen molar-refractivity contribution >= 4 is 5.91 Å². The molecule has 0 aliphatic carbocycles. The lowest BCUT2D eigenvalue weighted by atomic mass is 10.2. The minimum Gasteiger partial charge on any atom is -0.481 e. The van der Waals surface area contributed by atoms with E-state index in [0.29, 0.717) is 13.0 Å². The van der Waals surface area contributed by atoms with Gasteiger partial charge in [0.1, 0.15) is 5.75 Å². The lowest BCUT2D eigenvalue weighted by molar-refractivity contribution is -0.128. The average molecular weight is 263 g/mol. The van der Waals surface area contributed by atoms with E-state index >= 15 is 0 Å². The molecule has 0 spiro atoms. The molecule has 1 aliphatic heterocycles. The zero-order chi connectivity index (χ0) is 13.5. The molecule has 19 heavy (non-hydrogen) atoms. The van der Waals surface area contributed by atoms with Gasteiger partial charge in [0.25, 0.3) is 5.91 Å². The van der Waals surface area contributed by atoms with Crippen LogP contribution in [-0.2, 0) is 9.53 Å². The van der Waals surface area contributed by atoms with Crippen molar-refractivity contribution in [3.8, 4) is 5.75 Å². The van der Waals surface area contributed by atoms with Crippen molar-refractivity contribution in [1.82, 2.24) is 5.32 Å². The summed E-state index contributed by atoms with van der Waals surface area (Å²) in [4.78, 5) is 12.0. The Morgan fingerprint density at radius 3 is 2.89 bits per heavy atom. The zero-order valence-corrected chi connectivity index (χ0v) is 11.3. The molecule has 1 saturated heterocycles. The molecule has 1 aliphatic rings. The van der Waals surface area contributed by atoms with Crippen LogP contribution in [0.5, 0.6) is 5.75 Å². The summed E-state index contributed by atoms with van der Waals surface area (Å²) < 4.78 is 11.2. The molecule has 1 amide bonds. The van der Waals surface area contributed by atoms with Crippen LogP contribution < -0.4 is 10.1 Å². The predicted molar refractivity (Wildman–Crippen MR) is 73.1 cm³/mol.